The Morgan fingerprint density at radius 3 is 2.19 bits per heavy atom. The zero-order valence-corrected chi connectivity index (χ0v) is 15.3. The van der Waals surface area contributed by atoms with Crippen LogP contribution in [0.15, 0.2) is 59.1 Å². The van der Waals surface area contributed by atoms with Crippen molar-refractivity contribution in [3.05, 3.63) is 71.1 Å². The van der Waals surface area contributed by atoms with Crippen LogP contribution in [-0.2, 0) is 13.1 Å². The van der Waals surface area contributed by atoms with Gasteiger partial charge in [0.05, 0.1) is 6.54 Å². The largest absolute Gasteiger partial charge is 0.338 e. The van der Waals surface area contributed by atoms with Crippen LogP contribution in [0.2, 0.25) is 5.02 Å². The maximum absolute atomic E-state index is 5.92. The molecule has 0 N–H and O–H groups in total. The second kappa shape index (κ2) is 7.99. The van der Waals surface area contributed by atoms with Gasteiger partial charge < -0.3 is 4.52 Å². The lowest BCUT2D eigenvalue weighted by atomic mass is 10.2. The summed E-state index contributed by atoms with van der Waals surface area (Å²) in [5.74, 6) is 1.27. The molecule has 2 aromatic carbocycles. The summed E-state index contributed by atoms with van der Waals surface area (Å²) in [5, 5.41) is 4.79. The lowest BCUT2D eigenvalue weighted by Gasteiger charge is -2.33. The Labute approximate surface area is 158 Å². The van der Waals surface area contributed by atoms with Crippen molar-refractivity contribution in [2.24, 2.45) is 0 Å². The van der Waals surface area contributed by atoms with Crippen molar-refractivity contribution in [3.63, 3.8) is 0 Å². The summed E-state index contributed by atoms with van der Waals surface area (Å²) in [4.78, 5) is 9.36. The maximum Gasteiger partial charge on any atom is 0.241 e. The van der Waals surface area contributed by atoms with Crippen LogP contribution in [-0.4, -0.2) is 46.1 Å². The van der Waals surface area contributed by atoms with Crippen LogP contribution in [0.25, 0.3) is 11.4 Å². The van der Waals surface area contributed by atoms with Gasteiger partial charge in [-0.25, -0.2) is 0 Å². The van der Waals surface area contributed by atoms with Crippen molar-refractivity contribution in [2.75, 3.05) is 26.2 Å². The molecule has 2 heterocycles. The standard InChI is InChI=1S/C20H21ClN4O/c21-18-8-6-17(7-9-18)20-22-19(26-23-20)15-25-12-10-24(11-13-25)14-16-4-2-1-3-5-16/h1-9H,10-15H2. The predicted molar refractivity (Wildman–Crippen MR) is 102 cm³/mol. The Balaban J connectivity index is 1.30. The minimum absolute atomic E-state index is 0.611. The van der Waals surface area contributed by atoms with E-state index in [0.717, 1.165) is 38.3 Å². The van der Waals surface area contributed by atoms with Crippen LogP contribution in [0.3, 0.4) is 0 Å². The number of benzene rings is 2. The van der Waals surface area contributed by atoms with E-state index in [0.29, 0.717) is 23.3 Å². The van der Waals surface area contributed by atoms with Gasteiger partial charge in [-0.3, -0.25) is 9.80 Å². The monoisotopic (exact) mass is 368 g/mol. The molecule has 0 spiro atoms. The number of aromatic nitrogens is 2. The summed E-state index contributed by atoms with van der Waals surface area (Å²) >= 11 is 5.92. The van der Waals surface area contributed by atoms with Crippen LogP contribution in [0, 0.1) is 0 Å². The van der Waals surface area contributed by atoms with E-state index in [1.165, 1.54) is 5.56 Å². The van der Waals surface area contributed by atoms with E-state index in [9.17, 15) is 0 Å². The topological polar surface area (TPSA) is 45.4 Å². The summed E-state index contributed by atoms with van der Waals surface area (Å²) in [6.07, 6.45) is 0. The zero-order valence-electron chi connectivity index (χ0n) is 14.5. The fourth-order valence-corrected chi connectivity index (χ4v) is 3.30. The summed E-state index contributed by atoms with van der Waals surface area (Å²) in [6, 6.07) is 18.1. The number of halogens is 1. The van der Waals surface area contributed by atoms with Gasteiger partial charge in [-0.1, -0.05) is 47.1 Å². The van der Waals surface area contributed by atoms with Gasteiger partial charge in [0.2, 0.25) is 11.7 Å². The van der Waals surface area contributed by atoms with Crippen molar-refractivity contribution in [1.82, 2.24) is 19.9 Å². The van der Waals surface area contributed by atoms with Gasteiger partial charge in [-0.15, -0.1) is 0 Å². The molecule has 1 saturated heterocycles. The molecule has 0 atom stereocenters. The first-order valence-corrected chi connectivity index (χ1v) is 9.21. The molecule has 0 unspecified atom stereocenters. The highest BCUT2D eigenvalue weighted by Gasteiger charge is 2.19. The number of hydrogen-bond acceptors (Lipinski definition) is 5. The van der Waals surface area contributed by atoms with Crippen LogP contribution in [0.5, 0.6) is 0 Å². The highest BCUT2D eigenvalue weighted by Crippen LogP contribution is 2.19. The molecular weight excluding hydrogens is 348 g/mol. The van der Waals surface area contributed by atoms with E-state index in [4.69, 9.17) is 16.1 Å². The van der Waals surface area contributed by atoms with Crippen molar-refractivity contribution in [1.29, 1.82) is 0 Å². The first-order valence-electron chi connectivity index (χ1n) is 8.83. The Hall–Kier alpha value is -2.21. The predicted octanol–water partition coefficient (Wildman–Crippen LogP) is 3.71. The van der Waals surface area contributed by atoms with Crippen molar-refractivity contribution in [3.8, 4) is 11.4 Å². The third kappa shape index (κ3) is 4.30. The number of piperazine rings is 1. The fraction of sp³-hybridized carbons (Fsp3) is 0.300. The summed E-state index contributed by atoms with van der Waals surface area (Å²) in [6.45, 7) is 5.81. The average molecular weight is 369 g/mol. The molecule has 5 nitrogen and oxygen atoms in total. The van der Waals surface area contributed by atoms with Gasteiger partial charge in [0.1, 0.15) is 0 Å². The van der Waals surface area contributed by atoms with Gasteiger partial charge in [-0.2, -0.15) is 4.98 Å². The molecule has 0 saturated carbocycles. The summed E-state index contributed by atoms with van der Waals surface area (Å²) < 4.78 is 5.43. The second-order valence-corrected chi connectivity index (χ2v) is 6.99. The number of hydrogen-bond donors (Lipinski definition) is 0. The lowest BCUT2D eigenvalue weighted by molar-refractivity contribution is 0.112. The summed E-state index contributed by atoms with van der Waals surface area (Å²) in [7, 11) is 0. The van der Waals surface area contributed by atoms with Gasteiger partial charge in [0, 0.05) is 43.3 Å². The van der Waals surface area contributed by atoms with Gasteiger partial charge >= 0.3 is 0 Å². The maximum atomic E-state index is 5.92. The third-order valence-corrected chi connectivity index (χ3v) is 4.90. The van der Waals surface area contributed by atoms with Crippen molar-refractivity contribution >= 4 is 11.6 Å². The Morgan fingerprint density at radius 2 is 1.50 bits per heavy atom. The van der Waals surface area contributed by atoms with E-state index >= 15 is 0 Å². The molecule has 1 aromatic heterocycles. The number of rotatable bonds is 5. The minimum atomic E-state index is 0.611. The van der Waals surface area contributed by atoms with Crippen LogP contribution in [0.4, 0.5) is 0 Å². The van der Waals surface area contributed by atoms with E-state index in [-0.39, 0.29) is 0 Å². The SMILES string of the molecule is Clc1ccc(-c2noc(CN3CCN(Cc4ccccc4)CC3)n2)cc1. The van der Waals surface area contributed by atoms with Gasteiger partial charge in [0.25, 0.3) is 0 Å². The Bertz CT molecular complexity index is 827. The molecule has 1 aliphatic rings. The first-order chi connectivity index (χ1) is 12.8. The molecule has 6 heteroatoms. The molecule has 1 aliphatic heterocycles. The average Bonchev–Trinajstić information content (AvgIpc) is 3.13. The minimum Gasteiger partial charge on any atom is -0.338 e. The van der Waals surface area contributed by atoms with E-state index in [2.05, 4.69) is 50.3 Å². The molecule has 0 radical (unpaired) electrons. The summed E-state index contributed by atoms with van der Waals surface area (Å²) in [5.41, 5.74) is 2.28. The fourth-order valence-electron chi connectivity index (χ4n) is 3.17. The molecule has 4 rings (SSSR count). The molecule has 0 aliphatic carbocycles. The van der Waals surface area contributed by atoms with E-state index in [1.54, 1.807) is 0 Å². The molecular formula is C20H21ClN4O. The first kappa shape index (κ1) is 17.2. The quantitative estimate of drug-likeness (QED) is 0.687. The smallest absolute Gasteiger partial charge is 0.241 e. The second-order valence-electron chi connectivity index (χ2n) is 6.56. The van der Waals surface area contributed by atoms with Crippen LogP contribution >= 0.6 is 11.6 Å². The van der Waals surface area contributed by atoms with Crippen molar-refractivity contribution in [2.45, 2.75) is 13.1 Å². The number of nitrogens with zero attached hydrogens (tertiary/aromatic N) is 4. The molecule has 3 aromatic rings. The molecule has 26 heavy (non-hydrogen) atoms. The van der Waals surface area contributed by atoms with Gasteiger partial charge in [-0.05, 0) is 29.8 Å². The lowest BCUT2D eigenvalue weighted by Crippen LogP contribution is -2.45. The highest BCUT2D eigenvalue weighted by atomic mass is 35.5. The van der Waals surface area contributed by atoms with Crippen LogP contribution in [0.1, 0.15) is 11.5 Å². The molecule has 0 amide bonds. The van der Waals surface area contributed by atoms with E-state index in [1.807, 2.05) is 24.3 Å². The normalized spacial score (nSPS) is 16.0. The van der Waals surface area contributed by atoms with E-state index < -0.39 is 0 Å². The van der Waals surface area contributed by atoms with Gasteiger partial charge in [0.15, 0.2) is 0 Å². The Kier molecular flexibility index (Phi) is 5.29. The zero-order chi connectivity index (χ0) is 17.8. The van der Waals surface area contributed by atoms with Crippen molar-refractivity contribution < 1.29 is 4.52 Å². The third-order valence-electron chi connectivity index (χ3n) is 4.64. The highest BCUT2D eigenvalue weighted by molar-refractivity contribution is 6.30. The molecule has 1 fully saturated rings. The van der Waals surface area contributed by atoms with Crippen LogP contribution < -0.4 is 0 Å². The molecule has 134 valence electrons. The Morgan fingerprint density at radius 1 is 0.846 bits per heavy atom. The molecule has 0 bridgehead atoms.